The maximum absolute atomic E-state index is 6.04. The van der Waals surface area contributed by atoms with Gasteiger partial charge in [-0.3, -0.25) is 0 Å². The molecule has 1 N–H and O–H groups in total. The fourth-order valence-electron chi connectivity index (χ4n) is 2.68. The number of rotatable bonds is 6. The van der Waals surface area contributed by atoms with Crippen LogP contribution in [0.5, 0.6) is 23.0 Å². The normalized spacial score (nSPS) is 17.2. The van der Waals surface area contributed by atoms with Gasteiger partial charge in [0.15, 0.2) is 11.5 Å². The number of benzene rings is 2. The molecule has 2 aromatic rings. The average Bonchev–Trinajstić information content (AvgIpc) is 2.65. The van der Waals surface area contributed by atoms with Crippen molar-refractivity contribution in [3.63, 3.8) is 0 Å². The molecule has 2 atom stereocenters. The van der Waals surface area contributed by atoms with Crippen molar-refractivity contribution >= 4 is 0 Å². The molecule has 0 saturated carbocycles. The topological polar surface area (TPSA) is 49.0 Å². The molecule has 0 fully saturated rings. The second kappa shape index (κ2) is 7.45. The number of para-hydroxylation sites is 2. The van der Waals surface area contributed by atoms with Crippen LogP contribution in [0.4, 0.5) is 0 Å². The molecule has 1 heterocycles. The Morgan fingerprint density at radius 1 is 1.12 bits per heavy atom. The lowest BCUT2D eigenvalue weighted by Gasteiger charge is -2.31. The van der Waals surface area contributed by atoms with Crippen molar-refractivity contribution in [3.05, 3.63) is 48.0 Å². The smallest absolute Gasteiger partial charge is 0.161 e. The second-order valence-corrected chi connectivity index (χ2v) is 5.76. The lowest BCUT2D eigenvalue weighted by Crippen LogP contribution is -2.45. The molecule has 0 bridgehead atoms. The Kier molecular flexibility index (Phi) is 5.11. The summed E-state index contributed by atoms with van der Waals surface area (Å²) in [5.41, 5.74) is 1.07. The highest BCUT2D eigenvalue weighted by Gasteiger charge is 2.25. The van der Waals surface area contributed by atoms with Crippen molar-refractivity contribution in [2.45, 2.75) is 25.6 Å². The van der Waals surface area contributed by atoms with Gasteiger partial charge in [-0.25, -0.2) is 0 Å². The van der Waals surface area contributed by atoms with Crippen LogP contribution in [0.1, 0.15) is 12.5 Å². The van der Waals surface area contributed by atoms with Gasteiger partial charge >= 0.3 is 0 Å². The minimum absolute atomic E-state index is 0.0378. The van der Waals surface area contributed by atoms with Crippen LogP contribution >= 0.6 is 0 Å². The lowest BCUT2D eigenvalue weighted by atomic mass is 10.1. The number of ether oxygens (including phenoxy) is 4. The maximum atomic E-state index is 6.04. The van der Waals surface area contributed by atoms with E-state index in [0.717, 1.165) is 28.6 Å². The standard InChI is InChI=1S/C19H23NO4/c1-13(19-12-23-16-6-4-5-7-17(16)24-19)20-11-14-8-9-15(21-2)10-18(14)22-3/h4-10,13,19-20H,11-12H2,1-3H3/t13-,19+/m0/s1. The molecule has 0 spiro atoms. The van der Waals surface area contributed by atoms with E-state index in [1.165, 1.54) is 0 Å². The predicted octanol–water partition coefficient (Wildman–Crippen LogP) is 3.02. The zero-order valence-electron chi connectivity index (χ0n) is 14.2. The first kappa shape index (κ1) is 16.5. The molecule has 3 rings (SSSR count). The fraction of sp³-hybridized carbons (Fsp3) is 0.368. The van der Waals surface area contributed by atoms with Crippen molar-refractivity contribution in [3.8, 4) is 23.0 Å². The van der Waals surface area contributed by atoms with Gasteiger partial charge < -0.3 is 24.3 Å². The Hall–Kier alpha value is -2.40. The molecule has 0 unspecified atom stereocenters. The summed E-state index contributed by atoms with van der Waals surface area (Å²) in [5.74, 6) is 3.19. The van der Waals surface area contributed by atoms with E-state index in [2.05, 4.69) is 12.2 Å². The quantitative estimate of drug-likeness (QED) is 0.883. The predicted molar refractivity (Wildman–Crippen MR) is 92.2 cm³/mol. The van der Waals surface area contributed by atoms with Crippen molar-refractivity contribution in [2.24, 2.45) is 0 Å². The summed E-state index contributed by atoms with van der Waals surface area (Å²) in [5, 5.41) is 3.49. The first-order valence-electron chi connectivity index (χ1n) is 8.04. The monoisotopic (exact) mass is 329 g/mol. The molecular weight excluding hydrogens is 306 g/mol. The molecular formula is C19H23NO4. The summed E-state index contributed by atoms with van der Waals surface area (Å²) >= 11 is 0. The van der Waals surface area contributed by atoms with E-state index >= 15 is 0 Å². The van der Waals surface area contributed by atoms with E-state index in [1.54, 1.807) is 14.2 Å². The summed E-state index contributed by atoms with van der Waals surface area (Å²) in [6.07, 6.45) is -0.0378. The number of methoxy groups -OCH3 is 2. The third-order valence-corrected chi connectivity index (χ3v) is 4.20. The van der Waals surface area contributed by atoms with E-state index in [-0.39, 0.29) is 12.1 Å². The van der Waals surface area contributed by atoms with E-state index in [4.69, 9.17) is 18.9 Å². The van der Waals surface area contributed by atoms with Gasteiger partial charge in [0.1, 0.15) is 24.2 Å². The highest BCUT2D eigenvalue weighted by atomic mass is 16.6. The number of fused-ring (bicyclic) bond motifs is 1. The largest absolute Gasteiger partial charge is 0.497 e. The van der Waals surface area contributed by atoms with Gasteiger partial charge in [-0.2, -0.15) is 0 Å². The van der Waals surface area contributed by atoms with E-state index in [1.807, 2.05) is 42.5 Å². The van der Waals surface area contributed by atoms with Crippen LogP contribution in [0.3, 0.4) is 0 Å². The highest BCUT2D eigenvalue weighted by molar-refractivity contribution is 5.41. The minimum atomic E-state index is -0.0378. The molecule has 0 amide bonds. The van der Waals surface area contributed by atoms with Gasteiger partial charge in [0.2, 0.25) is 0 Å². The van der Waals surface area contributed by atoms with E-state index in [0.29, 0.717) is 13.2 Å². The van der Waals surface area contributed by atoms with Crippen LogP contribution in [-0.4, -0.2) is 33.0 Å². The number of hydrogen-bond donors (Lipinski definition) is 1. The van der Waals surface area contributed by atoms with Crippen LogP contribution in [0.25, 0.3) is 0 Å². The SMILES string of the molecule is COc1ccc(CN[C@@H](C)[C@H]2COc3ccccc3O2)c(OC)c1. The first-order valence-corrected chi connectivity index (χ1v) is 8.04. The van der Waals surface area contributed by atoms with Gasteiger partial charge in [-0.05, 0) is 25.1 Å². The van der Waals surface area contributed by atoms with Gasteiger partial charge in [0.25, 0.3) is 0 Å². The van der Waals surface area contributed by atoms with Crippen LogP contribution in [-0.2, 0) is 6.54 Å². The Labute approximate surface area is 142 Å². The van der Waals surface area contributed by atoms with Crippen molar-refractivity contribution < 1.29 is 18.9 Å². The summed E-state index contributed by atoms with van der Waals surface area (Å²) in [6.45, 7) is 3.30. The average molecular weight is 329 g/mol. The molecule has 128 valence electrons. The van der Waals surface area contributed by atoms with Crippen LogP contribution in [0.15, 0.2) is 42.5 Å². The fourth-order valence-corrected chi connectivity index (χ4v) is 2.68. The zero-order valence-corrected chi connectivity index (χ0v) is 14.2. The Balaban J connectivity index is 1.61. The molecule has 0 radical (unpaired) electrons. The lowest BCUT2D eigenvalue weighted by molar-refractivity contribution is 0.0662. The molecule has 2 aromatic carbocycles. The van der Waals surface area contributed by atoms with Crippen molar-refractivity contribution in [1.82, 2.24) is 5.32 Å². The Bertz CT molecular complexity index is 689. The van der Waals surface area contributed by atoms with Gasteiger partial charge in [0.05, 0.1) is 14.2 Å². The first-order chi connectivity index (χ1) is 11.7. The molecule has 5 nitrogen and oxygen atoms in total. The Morgan fingerprint density at radius 3 is 2.67 bits per heavy atom. The summed E-state index contributed by atoms with van der Waals surface area (Å²) in [4.78, 5) is 0. The van der Waals surface area contributed by atoms with Crippen molar-refractivity contribution in [2.75, 3.05) is 20.8 Å². The zero-order chi connectivity index (χ0) is 16.9. The van der Waals surface area contributed by atoms with Gasteiger partial charge in [-0.1, -0.05) is 18.2 Å². The highest BCUT2D eigenvalue weighted by Crippen LogP contribution is 2.31. The minimum Gasteiger partial charge on any atom is -0.497 e. The van der Waals surface area contributed by atoms with Crippen molar-refractivity contribution in [1.29, 1.82) is 0 Å². The molecule has 5 heteroatoms. The Morgan fingerprint density at radius 2 is 1.92 bits per heavy atom. The molecule has 0 aromatic heterocycles. The third kappa shape index (κ3) is 3.57. The third-order valence-electron chi connectivity index (χ3n) is 4.20. The van der Waals surface area contributed by atoms with Crippen LogP contribution < -0.4 is 24.3 Å². The number of nitrogens with one attached hydrogen (secondary N) is 1. The number of hydrogen-bond acceptors (Lipinski definition) is 5. The van der Waals surface area contributed by atoms with Crippen LogP contribution in [0.2, 0.25) is 0 Å². The summed E-state index contributed by atoms with van der Waals surface area (Å²) < 4.78 is 22.5. The molecule has 24 heavy (non-hydrogen) atoms. The second-order valence-electron chi connectivity index (χ2n) is 5.76. The maximum Gasteiger partial charge on any atom is 0.161 e. The van der Waals surface area contributed by atoms with Gasteiger partial charge in [0, 0.05) is 24.2 Å². The summed E-state index contributed by atoms with van der Waals surface area (Å²) in [6, 6.07) is 13.7. The van der Waals surface area contributed by atoms with E-state index in [9.17, 15) is 0 Å². The van der Waals surface area contributed by atoms with Crippen LogP contribution in [0, 0.1) is 0 Å². The van der Waals surface area contributed by atoms with E-state index < -0.39 is 0 Å². The summed E-state index contributed by atoms with van der Waals surface area (Å²) in [7, 11) is 3.31. The molecule has 0 aliphatic carbocycles. The van der Waals surface area contributed by atoms with Gasteiger partial charge in [-0.15, -0.1) is 0 Å². The molecule has 1 aliphatic heterocycles. The molecule has 0 saturated heterocycles. The molecule has 1 aliphatic rings.